The van der Waals surface area contributed by atoms with E-state index in [4.69, 9.17) is 22.6 Å². The number of nitrogens with zero attached hydrogens (tertiary/aromatic N) is 1. The number of nitrogen functional groups attached to an aromatic ring is 1. The molecule has 1 aromatic rings. The summed E-state index contributed by atoms with van der Waals surface area (Å²) in [6, 6.07) is 6.26. The number of amides is 1. The fraction of sp³-hybridized carbons (Fsp3) is 0.154. The van der Waals surface area contributed by atoms with Gasteiger partial charge in [-0.2, -0.15) is 5.26 Å². The Morgan fingerprint density at radius 3 is 2.81 bits per heavy atom. The van der Waals surface area contributed by atoms with Gasteiger partial charge in [0.25, 0.3) is 5.91 Å². The smallest absolute Gasteiger partial charge is 0.325 e. The molecule has 0 fully saturated rings. The van der Waals surface area contributed by atoms with Crippen LogP contribution < -0.4 is 16.4 Å². The molecule has 21 heavy (non-hydrogen) atoms. The Morgan fingerprint density at radius 1 is 1.52 bits per heavy atom. The zero-order chi connectivity index (χ0) is 15.8. The maximum absolute atomic E-state index is 11.9. The summed E-state index contributed by atoms with van der Waals surface area (Å²) >= 11 is 5.83. The largest absolute Gasteiger partial charge is 0.468 e. The predicted molar refractivity (Wildman–Crippen MR) is 78.2 cm³/mol. The lowest BCUT2D eigenvalue weighted by molar-refractivity contribution is -0.139. The topological polar surface area (TPSA) is 117 Å². The van der Waals surface area contributed by atoms with Crippen LogP contribution in [0, 0.1) is 11.3 Å². The number of anilines is 2. The highest BCUT2D eigenvalue weighted by atomic mass is 35.5. The first kappa shape index (κ1) is 16.3. The average Bonchev–Trinajstić information content (AvgIpc) is 2.47. The van der Waals surface area contributed by atoms with Gasteiger partial charge in [-0.3, -0.25) is 9.59 Å². The van der Waals surface area contributed by atoms with Gasteiger partial charge in [-0.05, 0) is 18.2 Å². The fourth-order valence-electron chi connectivity index (χ4n) is 1.26. The van der Waals surface area contributed by atoms with Gasteiger partial charge in [-0.25, -0.2) is 0 Å². The van der Waals surface area contributed by atoms with Crippen LogP contribution >= 0.6 is 11.6 Å². The van der Waals surface area contributed by atoms with Gasteiger partial charge in [0.2, 0.25) is 0 Å². The molecule has 0 heterocycles. The van der Waals surface area contributed by atoms with Crippen LogP contribution in [-0.2, 0) is 14.3 Å². The molecule has 1 rings (SSSR count). The normalized spacial score (nSPS) is 10.4. The maximum atomic E-state index is 11.9. The first-order valence-electron chi connectivity index (χ1n) is 5.74. The second-order valence-electron chi connectivity index (χ2n) is 3.82. The van der Waals surface area contributed by atoms with Gasteiger partial charge in [0.05, 0.1) is 17.8 Å². The molecule has 0 radical (unpaired) electrons. The first-order chi connectivity index (χ1) is 9.97. The second kappa shape index (κ2) is 7.77. The Morgan fingerprint density at radius 2 is 2.24 bits per heavy atom. The van der Waals surface area contributed by atoms with Crippen LogP contribution in [0.5, 0.6) is 0 Å². The highest BCUT2D eigenvalue weighted by molar-refractivity contribution is 6.33. The van der Waals surface area contributed by atoms with Crippen LogP contribution in [0.1, 0.15) is 0 Å². The van der Waals surface area contributed by atoms with E-state index in [2.05, 4.69) is 15.4 Å². The number of benzene rings is 1. The van der Waals surface area contributed by atoms with Crippen molar-refractivity contribution in [2.24, 2.45) is 0 Å². The Labute approximate surface area is 126 Å². The van der Waals surface area contributed by atoms with Gasteiger partial charge in [0.15, 0.2) is 0 Å². The minimum Gasteiger partial charge on any atom is -0.468 e. The third-order valence-corrected chi connectivity index (χ3v) is 2.67. The lowest BCUT2D eigenvalue weighted by atomic mass is 10.2. The van der Waals surface area contributed by atoms with Crippen LogP contribution in [0.3, 0.4) is 0 Å². The number of nitrogens with two attached hydrogens (primary N) is 1. The molecule has 0 atom stereocenters. The first-order valence-corrected chi connectivity index (χ1v) is 6.12. The quantitative estimate of drug-likeness (QED) is 0.324. The molecule has 1 aromatic carbocycles. The van der Waals surface area contributed by atoms with Crippen molar-refractivity contribution in [2.45, 2.75) is 0 Å². The van der Waals surface area contributed by atoms with E-state index in [1.165, 1.54) is 19.2 Å². The Balaban J connectivity index is 2.71. The molecule has 4 N–H and O–H groups in total. The summed E-state index contributed by atoms with van der Waals surface area (Å²) in [6.45, 7) is -0.150. The molecule has 0 saturated carbocycles. The molecular weight excluding hydrogens is 296 g/mol. The van der Waals surface area contributed by atoms with Crippen molar-refractivity contribution in [3.05, 3.63) is 35.0 Å². The second-order valence-corrected chi connectivity index (χ2v) is 4.22. The monoisotopic (exact) mass is 308 g/mol. The minimum absolute atomic E-state index is 0.150. The van der Waals surface area contributed by atoms with E-state index < -0.39 is 11.9 Å². The van der Waals surface area contributed by atoms with Crippen molar-refractivity contribution >= 4 is 34.9 Å². The van der Waals surface area contributed by atoms with Gasteiger partial charge < -0.3 is 21.1 Å². The molecule has 0 saturated heterocycles. The third-order valence-electron chi connectivity index (χ3n) is 2.34. The number of nitrogens with one attached hydrogen (secondary N) is 2. The molecule has 0 bridgehead atoms. The summed E-state index contributed by atoms with van der Waals surface area (Å²) in [6.07, 6.45) is 1.13. The number of halogens is 1. The standard InChI is InChI=1S/C13H13ClN4O3/c1-21-12(19)7-17-6-8(5-15)13(20)18-9-2-3-11(16)10(14)4-9/h2-4,6,17H,7,16H2,1H3,(H,18,20)/b8-6-. The van der Waals surface area contributed by atoms with Gasteiger partial charge in [0, 0.05) is 11.9 Å². The average molecular weight is 309 g/mol. The lowest BCUT2D eigenvalue weighted by Gasteiger charge is -2.06. The predicted octanol–water partition coefficient (Wildman–Crippen LogP) is 1.03. The number of carbonyl (C=O) groups excluding carboxylic acids is 2. The Hall–Kier alpha value is -2.72. The van der Waals surface area contributed by atoms with E-state index in [0.717, 1.165) is 6.20 Å². The Bertz CT molecular complexity index is 622. The van der Waals surface area contributed by atoms with E-state index in [1.54, 1.807) is 12.1 Å². The molecular formula is C13H13ClN4O3. The fourth-order valence-corrected chi connectivity index (χ4v) is 1.44. The number of carbonyl (C=O) groups is 2. The van der Waals surface area contributed by atoms with Crippen molar-refractivity contribution in [1.29, 1.82) is 5.26 Å². The number of hydrogen-bond acceptors (Lipinski definition) is 6. The summed E-state index contributed by atoms with van der Waals surface area (Å²) < 4.78 is 4.41. The van der Waals surface area contributed by atoms with Crippen molar-refractivity contribution < 1.29 is 14.3 Å². The van der Waals surface area contributed by atoms with Crippen molar-refractivity contribution in [3.8, 4) is 6.07 Å². The number of nitriles is 1. The van der Waals surface area contributed by atoms with E-state index in [1.807, 2.05) is 0 Å². The summed E-state index contributed by atoms with van der Waals surface area (Å²) in [5, 5.41) is 14.2. The SMILES string of the molecule is COC(=O)CN/C=C(/C#N)C(=O)Nc1ccc(N)c(Cl)c1. The summed E-state index contributed by atoms with van der Waals surface area (Å²) in [5.74, 6) is -1.16. The van der Waals surface area contributed by atoms with E-state index in [-0.39, 0.29) is 12.1 Å². The maximum Gasteiger partial charge on any atom is 0.325 e. The minimum atomic E-state index is -0.643. The van der Waals surface area contributed by atoms with Crippen LogP contribution in [0.2, 0.25) is 5.02 Å². The molecule has 0 aliphatic carbocycles. The third kappa shape index (κ3) is 5.04. The van der Waals surface area contributed by atoms with Gasteiger partial charge in [0.1, 0.15) is 18.2 Å². The number of ether oxygens (including phenoxy) is 1. The molecule has 0 unspecified atom stereocenters. The van der Waals surface area contributed by atoms with E-state index in [9.17, 15) is 9.59 Å². The number of hydrogen-bond donors (Lipinski definition) is 3. The molecule has 0 spiro atoms. The zero-order valence-corrected chi connectivity index (χ0v) is 11.9. The van der Waals surface area contributed by atoms with Gasteiger partial charge >= 0.3 is 5.97 Å². The molecule has 8 heteroatoms. The number of rotatable bonds is 5. The lowest BCUT2D eigenvalue weighted by Crippen LogP contribution is -2.22. The molecule has 0 aliphatic heterocycles. The molecule has 7 nitrogen and oxygen atoms in total. The van der Waals surface area contributed by atoms with Gasteiger partial charge in [-0.1, -0.05) is 11.6 Å². The highest BCUT2D eigenvalue weighted by Gasteiger charge is 2.10. The van der Waals surface area contributed by atoms with Crippen LogP contribution in [0.15, 0.2) is 30.0 Å². The van der Waals surface area contributed by atoms with Crippen LogP contribution in [0.25, 0.3) is 0 Å². The molecule has 0 aromatic heterocycles. The summed E-state index contributed by atoms with van der Waals surface area (Å²) in [5.41, 5.74) is 6.13. The van der Waals surface area contributed by atoms with Crippen LogP contribution in [-0.4, -0.2) is 25.5 Å². The Kier molecular flexibility index (Phi) is 6.04. The van der Waals surface area contributed by atoms with E-state index >= 15 is 0 Å². The molecule has 1 amide bonds. The summed E-state index contributed by atoms with van der Waals surface area (Å²) in [7, 11) is 1.23. The summed E-state index contributed by atoms with van der Waals surface area (Å²) in [4.78, 5) is 22.7. The number of methoxy groups -OCH3 is 1. The highest BCUT2D eigenvalue weighted by Crippen LogP contribution is 2.22. The van der Waals surface area contributed by atoms with Crippen molar-refractivity contribution in [2.75, 3.05) is 24.7 Å². The number of esters is 1. The zero-order valence-electron chi connectivity index (χ0n) is 11.1. The molecule has 0 aliphatic rings. The van der Waals surface area contributed by atoms with Crippen LogP contribution in [0.4, 0.5) is 11.4 Å². The molecule has 110 valence electrons. The van der Waals surface area contributed by atoms with E-state index in [0.29, 0.717) is 16.4 Å². The van der Waals surface area contributed by atoms with Crippen molar-refractivity contribution in [1.82, 2.24) is 5.32 Å². The van der Waals surface area contributed by atoms with Crippen molar-refractivity contribution in [3.63, 3.8) is 0 Å². The van der Waals surface area contributed by atoms with Gasteiger partial charge in [-0.15, -0.1) is 0 Å².